The summed E-state index contributed by atoms with van der Waals surface area (Å²) >= 11 is 1.57. The molecule has 0 aliphatic carbocycles. The van der Waals surface area contributed by atoms with Gasteiger partial charge in [0.05, 0.1) is 8.07 Å². The summed E-state index contributed by atoms with van der Waals surface area (Å²) in [7, 11) is -1.23. The third-order valence-corrected chi connectivity index (χ3v) is 10.7. The van der Waals surface area contributed by atoms with E-state index in [9.17, 15) is 4.39 Å². The number of rotatable bonds is 4. The van der Waals surface area contributed by atoms with Gasteiger partial charge in [0, 0.05) is 44.3 Å². The van der Waals surface area contributed by atoms with Gasteiger partial charge in [-0.3, -0.25) is 4.98 Å². The zero-order chi connectivity index (χ0) is 31.1. The van der Waals surface area contributed by atoms with Gasteiger partial charge in [0.1, 0.15) is 5.82 Å². The summed E-state index contributed by atoms with van der Waals surface area (Å²) in [6, 6.07) is 35.9. The Morgan fingerprint density at radius 3 is 2.36 bits per heavy atom. The molecule has 4 aromatic carbocycles. The fourth-order valence-electron chi connectivity index (χ4n) is 5.12. The first kappa shape index (κ1) is 30.5. The van der Waals surface area contributed by atoms with E-state index in [-0.39, 0.29) is 25.9 Å². The zero-order valence-electron chi connectivity index (χ0n) is 26.3. The van der Waals surface area contributed by atoms with Crippen molar-refractivity contribution in [2.45, 2.75) is 39.4 Å². The molecule has 3 aromatic heterocycles. The molecule has 0 saturated carbocycles. The summed E-state index contributed by atoms with van der Waals surface area (Å²) in [6.07, 6.45) is 3.77. The van der Waals surface area contributed by atoms with Crippen molar-refractivity contribution < 1.29 is 25.9 Å². The quantitative estimate of drug-likeness (QED) is 0.131. The molecule has 7 rings (SSSR count). The third-order valence-electron chi connectivity index (χ3n) is 7.54. The van der Waals surface area contributed by atoms with Crippen molar-refractivity contribution >= 4 is 55.5 Å². The Morgan fingerprint density at radius 2 is 1.66 bits per heavy atom. The van der Waals surface area contributed by atoms with E-state index in [0.717, 1.165) is 59.0 Å². The van der Waals surface area contributed by atoms with Crippen LogP contribution in [-0.2, 0) is 20.1 Å². The van der Waals surface area contributed by atoms with E-state index in [1.165, 1.54) is 11.3 Å². The van der Waals surface area contributed by atoms with E-state index < -0.39 is 14.0 Å². The largest absolute Gasteiger partial charge is 0.305 e. The zero-order valence-corrected chi connectivity index (χ0v) is 29.5. The maximum atomic E-state index is 13.9. The molecule has 3 heterocycles. The molecule has 2 nitrogen and oxygen atoms in total. The predicted octanol–water partition coefficient (Wildman–Crippen LogP) is 10.4. The number of benzene rings is 4. The molecule has 7 aromatic rings. The third kappa shape index (κ3) is 6.59. The summed E-state index contributed by atoms with van der Waals surface area (Å²) in [4.78, 5) is 9.10. The molecule has 223 valence electrons. The van der Waals surface area contributed by atoms with Crippen LogP contribution in [0.15, 0.2) is 103 Å². The summed E-state index contributed by atoms with van der Waals surface area (Å²) in [5, 5.41) is 5.67. The number of fused-ring (bicyclic) bond motifs is 5. The van der Waals surface area contributed by atoms with Crippen molar-refractivity contribution in [2.75, 3.05) is 0 Å². The topological polar surface area (TPSA) is 25.8 Å². The minimum absolute atomic E-state index is 0. The molecule has 0 bridgehead atoms. The van der Waals surface area contributed by atoms with Crippen molar-refractivity contribution in [3.63, 3.8) is 0 Å². The van der Waals surface area contributed by atoms with Crippen molar-refractivity contribution in [1.29, 1.82) is 0 Å². The van der Waals surface area contributed by atoms with Crippen molar-refractivity contribution in [3.8, 4) is 22.5 Å². The summed E-state index contributed by atoms with van der Waals surface area (Å²) in [5.74, 6) is -0.943. The second-order valence-corrected chi connectivity index (χ2v) is 18.0. The van der Waals surface area contributed by atoms with Gasteiger partial charge < -0.3 is 4.98 Å². The number of hydrogen-bond acceptors (Lipinski definition) is 3. The number of aromatic nitrogens is 2. The molecule has 0 spiro atoms. The van der Waals surface area contributed by atoms with Crippen molar-refractivity contribution in [3.05, 3.63) is 127 Å². The van der Waals surface area contributed by atoms with Gasteiger partial charge >= 0.3 is 0 Å². The van der Waals surface area contributed by atoms with E-state index in [4.69, 9.17) is 1.37 Å². The maximum absolute atomic E-state index is 13.9. The van der Waals surface area contributed by atoms with Gasteiger partial charge in [-0.15, -0.1) is 53.4 Å². The van der Waals surface area contributed by atoms with Crippen LogP contribution >= 0.6 is 11.3 Å². The van der Waals surface area contributed by atoms with Gasteiger partial charge in [-0.1, -0.05) is 92.3 Å². The molecule has 0 unspecified atom stereocenters. The van der Waals surface area contributed by atoms with Gasteiger partial charge in [0.15, 0.2) is 0 Å². The molecular formula is C38H33FIrN2SSi-2. The standard InChI is InChI=1S/C24H17FNS.C14H16NSi.Ir/c1-14(2)15-9-10-26-21(12-15)20-11-16-5-3-4-6-18(16)23-19-8-7-17(25)13-22(19)27-24(20)23;1-16(2,3)13-9-10-14(15-11-13)12-7-5-4-6-8-12;/h3-10,12-14H,1-2H3;4-7,9-11H,1-3H3;/q2*-1;/i14D;;. The molecule has 0 saturated heterocycles. The first-order valence-electron chi connectivity index (χ1n) is 14.9. The van der Waals surface area contributed by atoms with Gasteiger partial charge in [0.25, 0.3) is 0 Å². The van der Waals surface area contributed by atoms with Crippen LogP contribution in [0, 0.1) is 17.9 Å². The second-order valence-electron chi connectivity index (χ2n) is 11.9. The molecule has 0 aliphatic heterocycles. The fourth-order valence-corrected chi connectivity index (χ4v) is 7.41. The van der Waals surface area contributed by atoms with Crippen LogP contribution in [0.2, 0.25) is 19.6 Å². The Morgan fingerprint density at radius 1 is 0.864 bits per heavy atom. The number of hydrogen-bond donors (Lipinski definition) is 0. The Hall–Kier alpha value is -3.54. The SMILES string of the molecule is C[Si](C)(C)c1ccc(-c2[c-]cccc2)nc1.[2H]C(C)(C)c1ccnc(-c2[c-]c3ccccc3c3c2sc2cc(F)ccc23)c1.[Ir]. The average Bonchev–Trinajstić information content (AvgIpc) is 3.39. The van der Waals surface area contributed by atoms with Gasteiger partial charge in [-0.05, 0) is 50.6 Å². The monoisotopic (exact) mass is 790 g/mol. The van der Waals surface area contributed by atoms with Crippen LogP contribution in [-0.4, -0.2) is 18.0 Å². The number of halogens is 1. The van der Waals surface area contributed by atoms with E-state index in [2.05, 4.69) is 59.9 Å². The van der Waals surface area contributed by atoms with E-state index >= 15 is 0 Å². The summed E-state index contributed by atoms with van der Waals surface area (Å²) in [6.45, 7) is 10.7. The summed E-state index contributed by atoms with van der Waals surface area (Å²) in [5.41, 5.74) is 4.66. The number of nitrogens with zero attached hydrogens (tertiary/aromatic N) is 2. The molecule has 44 heavy (non-hydrogen) atoms. The number of pyridine rings is 2. The molecule has 1 radical (unpaired) electrons. The first-order chi connectivity index (χ1) is 21.0. The van der Waals surface area contributed by atoms with Gasteiger partial charge in [-0.2, -0.15) is 11.3 Å². The van der Waals surface area contributed by atoms with Crippen LogP contribution in [0.1, 0.15) is 26.7 Å². The van der Waals surface area contributed by atoms with E-state index in [1.807, 2.05) is 80.7 Å². The molecule has 0 N–H and O–H groups in total. The molecule has 0 fully saturated rings. The maximum Gasteiger partial charge on any atom is 0.124 e. The predicted molar refractivity (Wildman–Crippen MR) is 184 cm³/mol. The molecule has 0 atom stereocenters. The van der Waals surface area contributed by atoms with Crippen molar-refractivity contribution in [2.24, 2.45) is 0 Å². The smallest absolute Gasteiger partial charge is 0.124 e. The Kier molecular flexibility index (Phi) is 9.15. The van der Waals surface area contributed by atoms with Crippen LogP contribution in [0.25, 0.3) is 53.5 Å². The summed E-state index contributed by atoms with van der Waals surface area (Å²) < 4.78 is 24.2. The van der Waals surface area contributed by atoms with Gasteiger partial charge in [-0.25, -0.2) is 4.39 Å². The minimum Gasteiger partial charge on any atom is -0.305 e. The van der Waals surface area contributed by atoms with Crippen LogP contribution < -0.4 is 5.19 Å². The van der Waals surface area contributed by atoms with E-state index in [0.29, 0.717) is 0 Å². The van der Waals surface area contributed by atoms with Crippen LogP contribution in [0.3, 0.4) is 0 Å². The van der Waals surface area contributed by atoms with Crippen molar-refractivity contribution in [1.82, 2.24) is 9.97 Å². The molecule has 0 aliphatic rings. The average molecular weight is 790 g/mol. The Labute approximate surface area is 278 Å². The van der Waals surface area contributed by atoms with Crippen LogP contribution in [0.5, 0.6) is 0 Å². The fraction of sp³-hybridized carbons (Fsp3) is 0.158. The molecule has 6 heteroatoms. The minimum atomic E-state index is -1.23. The normalized spacial score (nSPS) is 12.0. The van der Waals surface area contributed by atoms with Gasteiger partial charge in [0.2, 0.25) is 0 Å². The Bertz CT molecular complexity index is 2100. The second kappa shape index (κ2) is 13.2. The molecular weight excluding hydrogens is 756 g/mol. The van der Waals surface area contributed by atoms with Crippen LogP contribution in [0.4, 0.5) is 4.39 Å². The Balaban J connectivity index is 0.000000202. The number of thiophene rings is 1. The van der Waals surface area contributed by atoms with E-state index in [1.54, 1.807) is 23.6 Å². The first-order valence-corrected chi connectivity index (χ1v) is 18.7. The molecule has 0 amide bonds.